The van der Waals surface area contributed by atoms with Gasteiger partial charge in [-0.05, 0) is 43.4 Å². The second kappa shape index (κ2) is 8.42. The van der Waals surface area contributed by atoms with Crippen LogP contribution in [0.25, 0.3) is 0 Å². The second-order valence-electron chi connectivity index (χ2n) is 7.72. The third kappa shape index (κ3) is 5.00. The van der Waals surface area contributed by atoms with Crippen molar-refractivity contribution in [1.29, 1.82) is 0 Å². The van der Waals surface area contributed by atoms with Gasteiger partial charge in [0.05, 0.1) is 0 Å². The molecule has 0 heterocycles. The van der Waals surface area contributed by atoms with Crippen molar-refractivity contribution in [2.75, 3.05) is 27.2 Å². The van der Waals surface area contributed by atoms with E-state index in [4.69, 9.17) is 0 Å². The maximum absolute atomic E-state index is 11.9. The molecule has 6 heteroatoms. The minimum Gasteiger partial charge on any atom is -0.355 e. The third-order valence-corrected chi connectivity index (χ3v) is 5.95. The molecule has 5 nitrogen and oxygen atoms in total. The lowest BCUT2D eigenvalue weighted by atomic mass is 9.96. The fourth-order valence-corrected chi connectivity index (χ4v) is 3.89. The smallest absolute Gasteiger partial charge is 0.243 e. The SMILES string of the molecule is CN(C)C(=O)CN=C(NCC1(c2cccc(Br)c2)CC1)NC1CCCC1. The molecule has 142 valence electrons. The molecule has 3 rings (SSSR count). The van der Waals surface area contributed by atoms with Crippen LogP contribution in [0.4, 0.5) is 0 Å². The lowest BCUT2D eigenvalue weighted by Crippen LogP contribution is -2.45. The highest BCUT2D eigenvalue weighted by Crippen LogP contribution is 2.48. The Hall–Kier alpha value is -1.56. The van der Waals surface area contributed by atoms with Gasteiger partial charge in [0, 0.05) is 36.6 Å². The van der Waals surface area contributed by atoms with E-state index >= 15 is 0 Å². The topological polar surface area (TPSA) is 56.7 Å². The monoisotopic (exact) mass is 420 g/mol. The van der Waals surface area contributed by atoms with Gasteiger partial charge >= 0.3 is 0 Å². The maximum Gasteiger partial charge on any atom is 0.243 e. The van der Waals surface area contributed by atoms with E-state index in [0.717, 1.165) is 17.0 Å². The molecule has 2 saturated carbocycles. The summed E-state index contributed by atoms with van der Waals surface area (Å²) in [6.07, 6.45) is 7.26. The Morgan fingerprint density at radius 2 is 2.04 bits per heavy atom. The zero-order chi connectivity index (χ0) is 18.6. The molecule has 1 amide bonds. The van der Waals surface area contributed by atoms with Crippen LogP contribution in [0.3, 0.4) is 0 Å². The largest absolute Gasteiger partial charge is 0.355 e. The fourth-order valence-electron chi connectivity index (χ4n) is 3.49. The molecule has 2 fully saturated rings. The number of halogens is 1. The van der Waals surface area contributed by atoms with Gasteiger partial charge in [0.25, 0.3) is 0 Å². The molecule has 2 aliphatic rings. The summed E-state index contributed by atoms with van der Waals surface area (Å²) in [5.74, 6) is 0.791. The zero-order valence-corrected chi connectivity index (χ0v) is 17.3. The molecule has 0 radical (unpaired) electrons. The van der Waals surface area contributed by atoms with Crippen LogP contribution in [0.2, 0.25) is 0 Å². The number of nitrogens with zero attached hydrogens (tertiary/aromatic N) is 2. The first-order valence-corrected chi connectivity index (χ1v) is 10.3. The van der Waals surface area contributed by atoms with Gasteiger partial charge in [-0.15, -0.1) is 0 Å². The number of rotatable bonds is 6. The van der Waals surface area contributed by atoms with Crippen LogP contribution < -0.4 is 10.6 Å². The fraction of sp³-hybridized carbons (Fsp3) is 0.600. The number of carbonyl (C=O) groups excluding carboxylic acids is 1. The summed E-state index contributed by atoms with van der Waals surface area (Å²) in [6.45, 7) is 1.02. The first kappa shape index (κ1) is 19.2. The maximum atomic E-state index is 11.9. The molecule has 0 atom stereocenters. The number of aliphatic imine (C=N–C) groups is 1. The standard InChI is InChI=1S/C20H29BrN4O/c1-25(2)18(26)13-22-19(24-17-8-3-4-9-17)23-14-20(10-11-20)15-6-5-7-16(21)12-15/h5-7,12,17H,3-4,8-11,13-14H2,1-2H3,(H2,22,23,24). The van der Waals surface area contributed by atoms with Crippen LogP contribution in [-0.4, -0.2) is 50.0 Å². The van der Waals surface area contributed by atoms with Gasteiger partial charge in [-0.2, -0.15) is 0 Å². The van der Waals surface area contributed by atoms with Crippen molar-refractivity contribution in [3.63, 3.8) is 0 Å². The highest BCUT2D eigenvalue weighted by atomic mass is 79.9. The quantitative estimate of drug-likeness (QED) is 0.549. The molecule has 2 N–H and O–H groups in total. The lowest BCUT2D eigenvalue weighted by Gasteiger charge is -2.22. The molecule has 2 aliphatic carbocycles. The van der Waals surface area contributed by atoms with E-state index in [1.54, 1.807) is 19.0 Å². The summed E-state index contributed by atoms with van der Waals surface area (Å²) < 4.78 is 1.12. The minimum atomic E-state index is 0.0191. The predicted octanol–water partition coefficient (Wildman–Crippen LogP) is 3.05. The highest BCUT2D eigenvalue weighted by Gasteiger charge is 2.44. The van der Waals surface area contributed by atoms with Gasteiger partial charge in [-0.3, -0.25) is 4.79 Å². The van der Waals surface area contributed by atoms with Crippen LogP contribution >= 0.6 is 15.9 Å². The van der Waals surface area contributed by atoms with Crippen LogP contribution in [0.1, 0.15) is 44.1 Å². The second-order valence-corrected chi connectivity index (χ2v) is 8.64. The number of amides is 1. The number of hydrogen-bond donors (Lipinski definition) is 2. The van der Waals surface area contributed by atoms with Crippen molar-refractivity contribution in [2.45, 2.75) is 50.0 Å². The number of likely N-dealkylation sites (N-methyl/N-ethyl adjacent to an activating group) is 1. The minimum absolute atomic E-state index is 0.0191. The van der Waals surface area contributed by atoms with Gasteiger partial charge in [0.2, 0.25) is 5.91 Å². The molecule has 0 saturated heterocycles. The van der Waals surface area contributed by atoms with Crippen LogP contribution in [-0.2, 0) is 10.2 Å². The third-order valence-electron chi connectivity index (χ3n) is 5.45. The molecule has 0 spiro atoms. The number of carbonyl (C=O) groups is 1. The first-order valence-electron chi connectivity index (χ1n) is 9.50. The van der Waals surface area contributed by atoms with Crippen molar-refractivity contribution in [3.05, 3.63) is 34.3 Å². The van der Waals surface area contributed by atoms with Gasteiger partial charge in [0.15, 0.2) is 5.96 Å². The van der Waals surface area contributed by atoms with Gasteiger partial charge in [0.1, 0.15) is 6.54 Å². The van der Waals surface area contributed by atoms with E-state index in [9.17, 15) is 4.79 Å². The summed E-state index contributed by atoms with van der Waals surface area (Å²) in [7, 11) is 3.53. The Labute approximate surface area is 164 Å². The molecule has 0 unspecified atom stereocenters. The van der Waals surface area contributed by atoms with E-state index in [1.165, 1.54) is 44.1 Å². The summed E-state index contributed by atoms with van der Waals surface area (Å²) in [4.78, 5) is 18.0. The Balaban J connectivity index is 1.64. The number of benzene rings is 1. The molecule has 0 bridgehead atoms. The van der Waals surface area contributed by atoms with Crippen molar-refractivity contribution in [3.8, 4) is 0 Å². The number of nitrogens with one attached hydrogen (secondary N) is 2. The molecule has 1 aromatic carbocycles. The Morgan fingerprint density at radius 1 is 1.31 bits per heavy atom. The van der Waals surface area contributed by atoms with Crippen LogP contribution in [0, 0.1) is 0 Å². The number of guanidine groups is 1. The molecule has 26 heavy (non-hydrogen) atoms. The molecular weight excluding hydrogens is 392 g/mol. The van der Waals surface area contributed by atoms with E-state index in [2.05, 4.69) is 55.8 Å². The van der Waals surface area contributed by atoms with E-state index in [1.807, 2.05) is 0 Å². The molecule has 0 aromatic heterocycles. The van der Waals surface area contributed by atoms with Crippen molar-refractivity contribution in [2.24, 2.45) is 4.99 Å². The normalized spacial score (nSPS) is 19.3. The van der Waals surface area contributed by atoms with Crippen LogP contribution in [0.15, 0.2) is 33.7 Å². The van der Waals surface area contributed by atoms with E-state index in [-0.39, 0.29) is 17.9 Å². The van der Waals surface area contributed by atoms with E-state index < -0.39 is 0 Å². The van der Waals surface area contributed by atoms with Crippen molar-refractivity contribution >= 4 is 27.8 Å². The molecule has 1 aromatic rings. The van der Waals surface area contributed by atoms with Crippen molar-refractivity contribution in [1.82, 2.24) is 15.5 Å². The van der Waals surface area contributed by atoms with Crippen molar-refractivity contribution < 1.29 is 4.79 Å². The van der Waals surface area contributed by atoms with Gasteiger partial charge in [-0.25, -0.2) is 4.99 Å². The Kier molecular flexibility index (Phi) is 6.22. The first-order chi connectivity index (χ1) is 12.5. The number of hydrogen-bond acceptors (Lipinski definition) is 2. The van der Waals surface area contributed by atoms with Crippen LogP contribution in [0.5, 0.6) is 0 Å². The summed E-state index contributed by atoms with van der Waals surface area (Å²) in [6, 6.07) is 9.05. The summed E-state index contributed by atoms with van der Waals surface area (Å²) in [5.41, 5.74) is 1.55. The zero-order valence-electron chi connectivity index (χ0n) is 15.7. The predicted molar refractivity (Wildman–Crippen MR) is 109 cm³/mol. The average Bonchev–Trinajstić information content (AvgIpc) is 3.24. The lowest BCUT2D eigenvalue weighted by molar-refractivity contribution is -0.127. The molecular formula is C20H29BrN4O. The Bertz CT molecular complexity index is 664. The molecule has 0 aliphatic heterocycles. The van der Waals surface area contributed by atoms with Gasteiger partial charge < -0.3 is 15.5 Å². The summed E-state index contributed by atoms with van der Waals surface area (Å²) >= 11 is 3.58. The Morgan fingerprint density at radius 3 is 2.65 bits per heavy atom. The average molecular weight is 421 g/mol. The van der Waals surface area contributed by atoms with E-state index in [0.29, 0.717) is 6.04 Å². The highest BCUT2D eigenvalue weighted by molar-refractivity contribution is 9.10. The summed E-state index contributed by atoms with van der Waals surface area (Å²) in [5, 5.41) is 7.05. The van der Waals surface area contributed by atoms with Gasteiger partial charge in [-0.1, -0.05) is 40.9 Å².